The Balaban J connectivity index is 2.22. The second-order valence-electron chi connectivity index (χ2n) is 2.50. The van der Waals surface area contributed by atoms with E-state index in [9.17, 15) is 4.39 Å². The topological polar surface area (TPSA) is 0 Å². The molecule has 0 aromatic carbocycles. The lowest BCUT2D eigenvalue weighted by Crippen LogP contribution is -1.93. The van der Waals surface area contributed by atoms with Crippen LogP contribution in [0.5, 0.6) is 0 Å². The Labute approximate surface area is 50.1 Å². The van der Waals surface area contributed by atoms with Crippen molar-refractivity contribution in [3.63, 3.8) is 0 Å². The van der Waals surface area contributed by atoms with Crippen molar-refractivity contribution in [3.8, 4) is 0 Å². The summed E-state index contributed by atoms with van der Waals surface area (Å²) in [5, 5.41) is 0. The minimum absolute atomic E-state index is 0.504. The van der Waals surface area contributed by atoms with Gasteiger partial charge in [0.25, 0.3) is 0 Å². The van der Waals surface area contributed by atoms with Gasteiger partial charge in [-0.05, 0) is 31.6 Å². The van der Waals surface area contributed by atoms with Crippen LogP contribution in [0.4, 0.5) is 4.39 Å². The Morgan fingerprint density at radius 3 is 2.50 bits per heavy atom. The minimum atomic E-state index is -0.504. The van der Waals surface area contributed by atoms with Gasteiger partial charge in [-0.2, -0.15) is 0 Å². The largest absolute Gasteiger partial charge is 0.247 e. The van der Waals surface area contributed by atoms with Gasteiger partial charge in [-0.1, -0.05) is 6.92 Å². The summed E-state index contributed by atoms with van der Waals surface area (Å²) in [6.45, 7) is 2.02. The van der Waals surface area contributed by atoms with Crippen LogP contribution in [0.25, 0.3) is 0 Å². The summed E-state index contributed by atoms with van der Waals surface area (Å²) >= 11 is 0. The molecular formula is C7H12F. The molecule has 0 N–H and O–H groups in total. The van der Waals surface area contributed by atoms with E-state index in [1.165, 1.54) is 0 Å². The van der Waals surface area contributed by atoms with Crippen LogP contribution in [-0.4, -0.2) is 6.17 Å². The zero-order chi connectivity index (χ0) is 5.98. The van der Waals surface area contributed by atoms with Crippen molar-refractivity contribution in [1.29, 1.82) is 0 Å². The molecular weight excluding hydrogens is 103 g/mol. The molecule has 0 amide bonds. The monoisotopic (exact) mass is 115 g/mol. The minimum Gasteiger partial charge on any atom is -0.247 e. The molecule has 0 nitrogen and oxygen atoms in total. The molecule has 1 rings (SSSR count). The second kappa shape index (κ2) is 2.47. The van der Waals surface area contributed by atoms with Gasteiger partial charge < -0.3 is 0 Å². The molecule has 1 aliphatic rings. The quantitative estimate of drug-likeness (QED) is 0.492. The van der Waals surface area contributed by atoms with Crippen LogP contribution in [0, 0.1) is 12.3 Å². The van der Waals surface area contributed by atoms with Gasteiger partial charge in [0.15, 0.2) is 0 Å². The van der Waals surface area contributed by atoms with E-state index in [2.05, 4.69) is 6.42 Å². The van der Waals surface area contributed by atoms with Crippen LogP contribution < -0.4 is 0 Å². The van der Waals surface area contributed by atoms with Crippen molar-refractivity contribution in [1.82, 2.24) is 0 Å². The highest BCUT2D eigenvalue weighted by Crippen LogP contribution is 2.28. The van der Waals surface area contributed by atoms with Gasteiger partial charge in [0.2, 0.25) is 0 Å². The predicted molar refractivity (Wildman–Crippen MR) is 32.2 cm³/mol. The van der Waals surface area contributed by atoms with Gasteiger partial charge in [0.1, 0.15) is 6.17 Å². The third kappa shape index (κ3) is 1.21. The van der Waals surface area contributed by atoms with Crippen LogP contribution in [0.1, 0.15) is 26.2 Å². The maximum Gasteiger partial charge on any atom is 0.100 e. The van der Waals surface area contributed by atoms with Gasteiger partial charge in [-0.25, -0.2) is 4.39 Å². The smallest absolute Gasteiger partial charge is 0.100 e. The molecule has 0 saturated heterocycles. The average molecular weight is 115 g/mol. The molecule has 1 heteroatoms. The number of rotatable bonds is 1. The molecule has 0 aromatic rings. The third-order valence-corrected chi connectivity index (χ3v) is 1.88. The fourth-order valence-corrected chi connectivity index (χ4v) is 1.26. The lowest BCUT2D eigenvalue weighted by atomic mass is 10.1. The number of halogens is 1. The van der Waals surface area contributed by atoms with E-state index >= 15 is 0 Å². The Bertz CT molecular complexity index is 70.8. The molecule has 1 fully saturated rings. The van der Waals surface area contributed by atoms with E-state index in [1.54, 1.807) is 0 Å². The van der Waals surface area contributed by atoms with E-state index in [0.717, 1.165) is 19.3 Å². The Morgan fingerprint density at radius 1 is 1.50 bits per heavy atom. The van der Waals surface area contributed by atoms with Crippen LogP contribution in [0.15, 0.2) is 0 Å². The molecule has 2 unspecified atom stereocenters. The Hall–Kier alpha value is -0.0700. The van der Waals surface area contributed by atoms with E-state index in [4.69, 9.17) is 0 Å². The van der Waals surface area contributed by atoms with Crippen molar-refractivity contribution in [2.45, 2.75) is 32.4 Å². The first kappa shape index (κ1) is 6.06. The van der Waals surface area contributed by atoms with E-state index in [0.29, 0.717) is 5.92 Å². The Morgan fingerprint density at radius 2 is 2.25 bits per heavy atom. The lowest BCUT2D eigenvalue weighted by Gasteiger charge is -2.00. The molecule has 0 aromatic heterocycles. The van der Waals surface area contributed by atoms with Crippen molar-refractivity contribution >= 4 is 0 Å². The van der Waals surface area contributed by atoms with Gasteiger partial charge in [-0.15, -0.1) is 0 Å². The summed E-state index contributed by atoms with van der Waals surface area (Å²) in [4.78, 5) is 0. The predicted octanol–water partition coefficient (Wildman–Crippen LogP) is 2.35. The molecule has 1 radical (unpaired) electrons. The van der Waals surface area contributed by atoms with E-state index in [-0.39, 0.29) is 0 Å². The summed E-state index contributed by atoms with van der Waals surface area (Å²) in [5.74, 6) is 0.574. The summed E-state index contributed by atoms with van der Waals surface area (Å²) in [6.07, 6.45) is 4.24. The highest BCUT2D eigenvalue weighted by molar-refractivity contribution is 4.81. The highest BCUT2D eigenvalue weighted by Gasteiger charge is 2.22. The fraction of sp³-hybridized carbons (Fsp3) is 0.857. The van der Waals surface area contributed by atoms with Gasteiger partial charge in [0.05, 0.1) is 0 Å². The molecule has 8 heavy (non-hydrogen) atoms. The average Bonchev–Trinajstić information content (AvgIpc) is 2.14. The lowest BCUT2D eigenvalue weighted by molar-refractivity contribution is 0.335. The van der Waals surface area contributed by atoms with Gasteiger partial charge in [0, 0.05) is 0 Å². The molecule has 0 heterocycles. The maximum atomic E-state index is 12.3. The van der Waals surface area contributed by atoms with Crippen molar-refractivity contribution in [3.05, 3.63) is 6.42 Å². The highest BCUT2D eigenvalue weighted by atomic mass is 19.1. The molecule has 0 bridgehead atoms. The summed E-state index contributed by atoms with van der Waals surface area (Å²) in [7, 11) is 0. The van der Waals surface area contributed by atoms with Crippen molar-refractivity contribution in [2.75, 3.05) is 0 Å². The van der Waals surface area contributed by atoms with Crippen LogP contribution in [0.3, 0.4) is 0 Å². The second-order valence-corrected chi connectivity index (χ2v) is 2.50. The van der Waals surface area contributed by atoms with Crippen LogP contribution in [-0.2, 0) is 0 Å². The van der Waals surface area contributed by atoms with Gasteiger partial charge in [-0.3, -0.25) is 0 Å². The Kier molecular flexibility index (Phi) is 1.87. The third-order valence-electron chi connectivity index (χ3n) is 1.88. The van der Waals surface area contributed by atoms with Crippen molar-refractivity contribution in [2.24, 2.45) is 5.92 Å². The van der Waals surface area contributed by atoms with Crippen LogP contribution >= 0.6 is 0 Å². The fourth-order valence-electron chi connectivity index (χ4n) is 1.26. The number of alkyl halides is 1. The summed E-state index contributed by atoms with van der Waals surface area (Å²) in [5.41, 5.74) is 0. The SMILES string of the molecule is C[CH]C1CCC(F)C1. The molecule has 0 aliphatic heterocycles. The first-order valence-corrected chi connectivity index (χ1v) is 3.26. The molecule has 0 spiro atoms. The number of hydrogen-bond acceptors (Lipinski definition) is 0. The normalized spacial score (nSPS) is 38.2. The molecule has 1 saturated carbocycles. The summed E-state index contributed by atoms with van der Waals surface area (Å²) < 4.78 is 12.3. The zero-order valence-corrected chi connectivity index (χ0v) is 5.23. The van der Waals surface area contributed by atoms with E-state index < -0.39 is 6.17 Å². The number of hydrogen-bond donors (Lipinski definition) is 0. The van der Waals surface area contributed by atoms with Crippen molar-refractivity contribution < 1.29 is 4.39 Å². The van der Waals surface area contributed by atoms with Crippen LogP contribution in [0.2, 0.25) is 0 Å². The van der Waals surface area contributed by atoms with Gasteiger partial charge >= 0.3 is 0 Å². The summed E-state index contributed by atoms with van der Waals surface area (Å²) in [6, 6.07) is 0. The molecule has 1 aliphatic carbocycles. The molecule has 47 valence electrons. The first-order valence-electron chi connectivity index (χ1n) is 3.26. The molecule has 2 atom stereocenters. The zero-order valence-electron chi connectivity index (χ0n) is 5.23. The maximum absolute atomic E-state index is 12.3. The standard InChI is InChI=1S/C7H12F/c1-2-6-3-4-7(8)5-6/h2,6-7H,3-5H2,1H3. The van der Waals surface area contributed by atoms with E-state index in [1.807, 2.05) is 6.92 Å². The first-order chi connectivity index (χ1) is 3.83.